The third kappa shape index (κ3) is 3.05. The zero-order valence-corrected chi connectivity index (χ0v) is 14.1. The number of anilines is 1. The summed E-state index contributed by atoms with van der Waals surface area (Å²) in [6.07, 6.45) is 2.10. The molecule has 1 N–H and O–H groups in total. The number of unbranched alkanes of at least 4 members (excludes halogenated alkanes) is 1. The zero-order valence-electron chi connectivity index (χ0n) is 12.5. The van der Waals surface area contributed by atoms with Crippen LogP contribution in [0.5, 0.6) is 5.75 Å². The SMILES string of the molecule is CCCCOc1cccc(N2C(=S)NC3CS(=O)(=O)CC32)c1. The Balaban J connectivity index is 1.81. The maximum Gasteiger partial charge on any atom is 0.174 e. The Labute approximate surface area is 136 Å². The summed E-state index contributed by atoms with van der Waals surface area (Å²) in [6, 6.07) is 7.46. The van der Waals surface area contributed by atoms with Crippen LogP contribution in [-0.4, -0.2) is 43.7 Å². The van der Waals surface area contributed by atoms with Crippen LogP contribution in [-0.2, 0) is 9.84 Å². The molecule has 5 nitrogen and oxygen atoms in total. The first-order chi connectivity index (χ1) is 10.5. The van der Waals surface area contributed by atoms with Crippen molar-refractivity contribution >= 4 is 32.9 Å². The molecular weight excluding hydrogens is 320 g/mol. The molecule has 120 valence electrons. The molecule has 2 heterocycles. The van der Waals surface area contributed by atoms with E-state index in [4.69, 9.17) is 17.0 Å². The highest BCUT2D eigenvalue weighted by molar-refractivity contribution is 7.91. The van der Waals surface area contributed by atoms with Gasteiger partial charge in [0.1, 0.15) is 5.75 Å². The van der Waals surface area contributed by atoms with Crippen molar-refractivity contribution < 1.29 is 13.2 Å². The van der Waals surface area contributed by atoms with Crippen LogP contribution in [0.3, 0.4) is 0 Å². The van der Waals surface area contributed by atoms with Crippen molar-refractivity contribution in [2.75, 3.05) is 23.0 Å². The Bertz CT molecular complexity index is 675. The number of nitrogens with zero attached hydrogens (tertiary/aromatic N) is 1. The van der Waals surface area contributed by atoms with Crippen molar-refractivity contribution in [1.29, 1.82) is 0 Å². The molecule has 0 aliphatic carbocycles. The Morgan fingerprint density at radius 1 is 1.41 bits per heavy atom. The number of hydrogen-bond acceptors (Lipinski definition) is 4. The number of rotatable bonds is 5. The van der Waals surface area contributed by atoms with Crippen LogP contribution < -0.4 is 15.0 Å². The molecule has 1 aromatic carbocycles. The quantitative estimate of drug-likeness (QED) is 0.651. The first-order valence-corrected chi connectivity index (χ1v) is 9.76. The number of benzene rings is 1. The number of thiocarbonyl (C=S) groups is 1. The van der Waals surface area contributed by atoms with Crippen LogP contribution in [0.1, 0.15) is 19.8 Å². The van der Waals surface area contributed by atoms with E-state index in [2.05, 4.69) is 12.2 Å². The highest BCUT2D eigenvalue weighted by atomic mass is 32.2. The summed E-state index contributed by atoms with van der Waals surface area (Å²) in [5, 5.41) is 3.72. The van der Waals surface area contributed by atoms with Gasteiger partial charge >= 0.3 is 0 Å². The molecule has 2 aliphatic heterocycles. The molecule has 22 heavy (non-hydrogen) atoms. The van der Waals surface area contributed by atoms with E-state index in [9.17, 15) is 8.42 Å². The second-order valence-electron chi connectivity index (χ2n) is 5.77. The Kier molecular flexibility index (Phi) is 4.27. The van der Waals surface area contributed by atoms with Crippen molar-refractivity contribution in [3.05, 3.63) is 24.3 Å². The van der Waals surface area contributed by atoms with E-state index in [1.54, 1.807) is 0 Å². The first kappa shape index (κ1) is 15.6. The smallest absolute Gasteiger partial charge is 0.174 e. The highest BCUT2D eigenvalue weighted by Crippen LogP contribution is 2.31. The van der Waals surface area contributed by atoms with Crippen molar-refractivity contribution in [3.63, 3.8) is 0 Å². The van der Waals surface area contributed by atoms with E-state index in [0.29, 0.717) is 11.7 Å². The maximum atomic E-state index is 11.8. The fourth-order valence-corrected chi connectivity index (χ4v) is 5.25. The van der Waals surface area contributed by atoms with Crippen LogP contribution in [0.15, 0.2) is 24.3 Å². The van der Waals surface area contributed by atoms with Crippen LogP contribution in [0, 0.1) is 0 Å². The predicted octanol–water partition coefficient (Wildman–Crippen LogP) is 1.73. The largest absolute Gasteiger partial charge is 0.494 e. The van der Waals surface area contributed by atoms with Gasteiger partial charge in [-0.2, -0.15) is 0 Å². The summed E-state index contributed by atoms with van der Waals surface area (Å²) in [7, 11) is -2.99. The van der Waals surface area contributed by atoms with Gasteiger partial charge in [0, 0.05) is 11.8 Å². The minimum Gasteiger partial charge on any atom is -0.494 e. The molecule has 1 aromatic rings. The van der Waals surface area contributed by atoms with E-state index in [1.807, 2.05) is 29.2 Å². The second kappa shape index (κ2) is 6.04. The monoisotopic (exact) mass is 340 g/mol. The second-order valence-corrected chi connectivity index (χ2v) is 8.31. The number of fused-ring (bicyclic) bond motifs is 1. The lowest BCUT2D eigenvalue weighted by molar-refractivity contribution is 0.309. The number of hydrogen-bond donors (Lipinski definition) is 1. The molecule has 0 saturated carbocycles. The standard InChI is InChI=1S/C15H20N2O3S2/c1-2-3-7-20-12-6-4-5-11(8-12)17-14-10-22(18,19)9-13(14)16-15(17)21/h4-6,8,13-14H,2-3,7,9-10H2,1H3,(H,16,21). The number of nitrogens with one attached hydrogen (secondary N) is 1. The normalized spacial score (nSPS) is 25.9. The molecule has 7 heteroatoms. The predicted molar refractivity (Wildman–Crippen MR) is 91.3 cm³/mol. The van der Waals surface area contributed by atoms with Gasteiger partial charge in [0.2, 0.25) is 0 Å². The van der Waals surface area contributed by atoms with Crippen molar-refractivity contribution in [3.8, 4) is 5.75 Å². The first-order valence-electron chi connectivity index (χ1n) is 7.53. The summed E-state index contributed by atoms with van der Waals surface area (Å²) >= 11 is 5.38. The molecule has 0 amide bonds. The summed E-state index contributed by atoms with van der Waals surface area (Å²) in [6.45, 7) is 2.80. The van der Waals surface area contributed by atoms with Gasteiger partial charge in [0.05, 0.1) is 30.2 Å². The van der Waals surface area contributed by atoms with E-state index in [-0.39, 0.29) is 23.6 Å². The van der Waals surface area contributed by atoms with Gasteiger partial charge in [-0.3, -0.25) is 0 Å². The molecule has 0 spiro atoms. The van der Waals surface area contributed by atoms with Gasteiger partial charge in [-0.25, -0.2) is 8.42 Å². The molecule has 2 unspecified atom stereocenters. The van der Waals surface area contributed by atoms with Gasteiger partial charge in [0.15, 0.2) is 14.9 Å². The summed E-state index contributed by atoms with van der Waals surface area (Å²) in [4.78, 5) is 1.91. The van der Waals surface area contributed by atoms with Crippen molar-refractivity contribution in [2.45, 2.75) is 31.8 Å². The molecule has 3 rings (SSSR count). The van der Waals surface area contributed by atoms with Gasteiger partial charge in [0.25, 0.3) is 0 Å². The molecule has 0 aromatic heterocycles. The third-order valence-electron chi connectivity index (χ3n) is 4.04. The van der Waals surface area contributed by atoms with Crippen LogP contribution in [0.2, 0.25) is 0 Å². The number of ether oxygens (including phenoxy) is 1. The van der Waals surface area contributed by atoms with Crippen molar-refractivity contribution in [1.82, 2.24) is 5.32 Å². The number of sulfone groups is 1. The summed E-state index contributed by atoms with van der Waals surface area (Å²) in [5.74, 6) is 1.09. The Morgan fingerprint density at radius 3 is 3.00 bits per heavy atom. The summed E-state index contributed by atoms with van der Waals surface area (Å²) < 4.78 is 29.4. The van der Waals surface area contributed by atoms with E-state index >= 15 is 0 Å². The van der Waals surface area contributed by atoms with Crippen LogP contribution in [0.4, 0.5) is 5.69 Å². The van der Waals surface area contributed by atoms with Gasteiger partial charge in [-0.1, -0.05) is 19.4 Å². The minimum absolute atomic E-state index is 0.109. The topological polar surface area (TPSA) is 58.6 Å². The van der Waals surface area contributed by atoms with Crippen molar-refractivity contribution in [2.24, 2.45) is 0 Å². The Morgan fingerprint density at radius 2 is 2.23 bits per heavy atom. The molecular formula is C15H20N2O3S2. The molecule has 2 aliphatic rings. The van der Waals surface area contributed by atoms with E-state index in [1.165, 1.54) is 0 Å². The van der Waals surface area contributed by atoms with Gasteiger partial charge < -0.3 is 15.0 Å². The zero-order chi connectivity index (χ0) is 15.7. The van der Waals surface area contributed by atoms with Crippen LogP contribution >= 0.6 is 12.2 Å². The maximum absolute atomic E-state index is 11.8. The molecule has 0 radical (unpaired) electrons. The molecule has 2 atom stereocenters. The lowest BCUT2D eigenvalue weighted by Gasteiger charge is -2.23. The lowest BCUT2D eigenvalue weighted by atomic mass is 10.1. The fraction of sp³-hybridized carbons (Fsp3) is 0.533. The molecule has 0 bridgehead atoms. The minimum atomic E-state index is -2.99. The van der Waals surface area contributed by atoms with Gasteiger partial charge in [-0.05, 0) is 30.8 Å². The summed E-state index contributed by atoms with van der Waals surface area (Å²) in [5.41, 5.74) is 0.885. The van der Waals surface area contributed by atoms with E-state index < -0.39 is 9.84 Å². The average molecular weight is 340 g/mol. The third-order valence-corrected chi connectivity index (χ3v) is 6.08. The lowest BCUT2D eigenvalue weighted by Crippen LogP contribution is -2.36. The van der Waals surface area contributed by atoms with Gasteiger partial charge in [-0.15, -0.1) is 0 Å². The Hall–Kier alpha value is -1.34. The average Bonchev–Trinajstić information content (AvgIpc) is 2.89. The fourth-order valence-electron chi connectivity index (χ4n) is 2.97. The molecule has 2 fully saturated rings. The molecule has 2 saturated heterocycles. The van der Waals surface area contributed by atoms with Crippen LogP contribution in [0.25, 0.3) is 0 Å². The highest BCUT2D eigenvalue weighted by Gasteiger charge is 2.47. The van der Waals surface area contributed by atoms with E-state index in [0.717, 1.165) is 24.3 Å².